The second kappa shape index (κ2) is 7.66. The molecule has 6 aromatic rings. The van der Waals surface area contributed by atoms with Gasteiger partial charge in [-0.2, -0.15) is 0 Å². The molecule has 6 rings (SSSR count). The van der Waals surface area contributed by atoms with Gasteiger partial charge in [-0.3, -0.25) is 4.98 Å². The van der Waals surface area contributed by atoms with Gasteiger partial charge in [0.25, 0.3) is 0 Å². The van der Waals surface area contributed by atoms with Gasteiger partial charge in [-0.25, -0.2) is 0 Å². The number of pyridine rings is 1. The van der Waals surface area contributed by atoms with Crippen molar-refractivity contribution in [1.82, 2.24) is 4.98 Å². The molecule has 172 valence electrons. The molecule has 4 heteroatoms. The number of rotatable bonds is 3. The molecular weight excluding hydrogens is 454 g/mol. The summed E-state index contributed by atoms with van der Waals surface area (Å²) in [6, 6.07) is 13.6. The fraction of sp³-hybridized carbons (Fsp3) is 0.300. The molecular formula is C30H29NOS2. The van der Waals surface area contributed by atoms with Crippen molar-refractivity contribution in [2.24, 2.45) is 5.92 Å². The van der Waals surface area contributed by atoms with Gasteiger partial charge in [0.2, 0.25) is 0 Å². The maximum absolute atomic E-state index is 6.27. The summed E-state index contributed by atoms with van der Waals surface area (Å²) in [6.07, 6.45) is 3.00. The average molecular weight is 484 g/mol. The third kappa shape index (κ3) is 3.38. The highest BCUT2D eigenvalue weighted by Crippen LogP contribution is 2.44. The van der Waals surface area contributed by atoms with E-state index in [9.17, 15) is 0 Å². The highest BCUT2D eigenvalue weighted by molar-refractivity contribution is 7.26. The lowest BCUT2D eigenvalue weighted by Gasteiger charge is -2.21. The Morgan fingerprint density at radius 3 is 2.59 bits per heavy atom. The minimum Gasteiger partial charge on any atom is -0.461 e. The van der Waals surface area contributed by atoms with Crippen LogP contribution in [0.5, 0.6) is 0 Å². The number of hydrogen-bond acceptors (Lipinski definition) is 4. The first-order valence-corrected chi connectivity index (χ1v) is 13.7. The molecule has 2 aromatic carbocycles. The minimum atomic E-state index is 0.0639. The molecule has 0 amide bonds. The number of aromatic nitrogens is 1. The van der Waals surface area contributed by atoms with Crippen LogP contribution in [0.25, 0.3) is 52.5 Å². The van der Waals surface area contributed by atoms with Gasteiger partial charge in [-0.05, 0) is 77.4 Å². The third-order valence-electron chi connectivity index (χ3n) is 6.74. The summed E-state index contributed by atoms with van der Waals surface area (Å²) in [6.45, 7) is 13.5. The van der Waals surface area contributed by atoms with E-state index in [4.69, 9.17) is 9.40 Å². The van der Waals surface area contributed by atoms with Gasteiger partial charge in [0.15, 0.2) is 0 Å². The first-order valence-electron chi connectivity index (χ1n) is 12.0. The summed E-state index contributed by atoms with van der Waals surface area (Å²) >= 11 is 3.69. The van der Waals surface area contributed by atoms with Crippen molar-refractivity contribution in [3.63, 3.8) is 0 Å². The molecule has 0 aliphatic rings. The summed E-state index contributed by atoms with van der Waals surface area (Å²) in [5.41, 5.74) is 6.04. The smallest absolute Gasteiger partial charge is 0.135 e. The molecule has 0 aliphatic carbocycles. The Hall–Kier alpha value is -2.69. The zero-order chi connectivity index (χ0) is 23.8. The molecule has 0 spiro atoms. The zero-order valence-corrected chi connectivity index (χ0v) is 22.2. The lowest BCUT2D eigenvalue weighted by molar-refractivity contribution is 0.560. The van der Waals surface area contributed by atoms with Crippen molar-refractivity contribution >= 4 is 63.9 Å². The summed E-state index contributed by atoms with van der Waals surface area (Å²) < 4.78 is 10.2. The third-order valence-corrected chi connectivity index (χ3v) is 8.82. The van der Waals surface area contributed by atoms with Gasteiger partial charge in [0.05, 0.1) is 5.69 Å². The predicted octanol–water partition coefficient (Wildman–Crippen LogP) is 9.88. The van der Waals surface area contributed by atoms with Crippen molar-refractivity contribution in [2.75, 3.05) is 0 Å². The van der Waals surface area contributed by atoms with Crippen LogP contribution in [-0.4, -0.2) is 4.98 Å². The Bertz CT molecular complexity index is 1710. The average Bonchev–Trinajstić information content (AvgIpc) is 3.46. The van der Waals surface area contributed by atoms with E-state index in [1.807, 2.05) is 28.9 Å². The lowest BCUT2D eigenvalue weighted by Crippen LogP contribution is -2.11. The molecule has 0 unspecified atom stereocenters. The van der Waals surface area contributed by atoms with Crippen molar-refractivity contribution in [3.05, 3.63) is 64.9 Å². The van der Waals surface area contributed by atoms with E-state index in [1.165, 1.54) is 52.3 Å². The van der Waals surface area contributed by atoms with Gasteiger partial charge in [0.1, 0.15) is 11.3 Å². The zero-order valence-electron chi connectivity index (χ0n) is 20.6. The number of aryl methyl sites for hydroxylation is 1. The molecule has 0 saturated carbocycles. The van der Waals surface area contributed by atoms with Crippen molar-refractivity contribution in [2.45, 2.75) is 53.4 Å². The molecule has 34 heavy (non-hydrogen) atoms. The van der Waals surface area contributed by atoms with Crippen LogP contribution in [0.15, 0.2) is 52.4 Å². The van der Waals surface area contributed by atoms with Crippen molar-refractivity contribution in [3.8, 4) is 11.3 Å². The van der Waals surface area contributed by atoms with Crippen LogP contribution in [0.4, 0.5) is 0 Å². The largest absolute Gasteiger partial charge is 0.461 e. The van der Waals surface area contributed by atoms with Crippen LogP contribution in [0.2, 0.25) is 0 Å². The Balaban J connectivity index is 1.65. The Labute approximate surface area is 208 Å². The van der Waals surface area contributed by atoms with Crippen molar-refractivity contribution < 1.29 is 4.42 Å². The number of furan rings is 1. The van der Waals surface area contributed by atoms with Crippen LogP contribution in [0.1, 0.15) is 51.5 Å². The fourth-order valence-electron chi connectivity index (χ4n) is 5.14. The van der Waals surface area contributed by atoms with Gasteiger partial charge in [0, 0.05) is 47.6 Å². The molecule has 0 fully saturated rings. The van der Waals surface area contributed by atoms with E-state index in [0.29, 0.717) is 5.92 Å². The number of fused-ring (bicyclic) bond motifs is 5. The second-order valence-corrected chi connectivity index (χ2v) is 12.8. The maximum Gasteiger partial charge on any atom is 0.135 e. The summed E-state index contributed by atoms with van der Waals surface area (Å²) in [5.74, 6) is 1.64. The molecule has 0 atom stereocenters. The minimum absolute atomic E-state index is 0.0639. The van der Waals surface area contributed by atoms with Crippen molar-refractivity contribution in [1.29, 1.82) is 0 Å². The molecule has 0 aliphatic heterocycles. The SMILES string of the molecule is Cc1oc2cc3c(cc2c1CC(C)C)sc1ccnc(-c2cc(C(C)(C)C)c4sccc4c2)c13. The molecule has 0 bridgehead atoms. The van der Waals surface area contributed by atoms with Crippen LogP contribution in [0, 0.1) is 12.8 Å². The Morgan fingerprint density at radius 2 is 1.82 bits per heavy atom. The molecule has 2 nitrogen and oxygen atoms in total. The van der Waals surface area contributed by atoms with Crippen LogP contribution < -0.4 is 0 Å². The number of hydrogen-bond donors (Lipinski definition) is 0. The lowest BCUT2D eigenvalue weighted by atomic mass is 9.85. The first-order chi connectivity index (χ1) is 16.2. The van der Waals surface area contributed by atoms with E-state index in [1.54, 1.807) is 0 Å². The molecule has 0 saturated heterocycles. The molecule has 0 radical (unpaired) electrons. The van der Waals surface area contributed by atoms with E-state index < -0.39 is 0 Å². The molecule has 0 N–H and O–H groups in total. The monoisotopic (exact) mass is 483 g/mol. The number of thiophene rings is 2. The van der Waals surface area contributed by atoms with E-state index in [2.05, 4.69) is 83.3 Å². The number of benzene rings is 2. The standard InChI is InChI=1S/C30H29NOS2/c1-16(2)11-20-17(3)32-24-14-22-26(15-21(20)24)34-25-7-9-31-28(27(22)25)19-12-18-8-10-33-29(18)23(13-19)30(4,5)6/h7-10,12-16H,11H2,1-6H3. The van der Waals surface area contributed by atoms with Gasteiger partial charge in [-0.15, -0.1) is 22.7 Å². The highest BCUT2D eigenvalue weighted by atomic mass is 32.1. The van der Waals surface area contributed by atoms with Gasteiger partial charge < -0.3 is 4.42 Å². The Kier molecular flexibility index (Phi) is 4.91. The predicted molar refractivity (Wildman–Crippen MR) is 150 cm³/mol. The highest BCUT2D eigenvalue weighted by Gasteiger charge is 2.22. The normalized spacial score (nSPS) is 12.8. The second-order valence-electron chi connectivity index (χ2n) is 10.8. The van der Waals surface area contributed by atoms with E-state index in [0.717, 1.165) is 23.5 Å². The number of nitrogens with zero attached hydrogens (tertiary/aromatic N) is 1. The van der Waals surface area contributed by atoms with Crippen LogP contribution in [0.3, 0.4) is 0 Å². The van der Waals surface area contributed by atoms with Gasteiger partial charge >= 0.3 is 0 Å². The summed E-state index contributed by atoms with van der Waals surface area (Å²) in [4.78, 5) is 4.94. The van der Waals surface area contributed by atoms with Crippen LogP contribution in [-0.2, 0) is 11.8 Å². The topological polar surface area (TPSA) is 26.0 Å². The quantitative estimate of drug-likeness (QED) is 0.250. The fourth-order valence-corrected chi connectivity index (χ4v) is 7.37. The molecule has 4 heterocycles. The summed E-state index contributed by atoms with van der Waals surface area (Å²) in [5, 5.41) is 7.23. The Morgan fingerprint density at radius 1 is 1.00 bits per heavy atom. The van der Waals surface area contributed by atoms with E-state index >= 15 is 0 Å². The first kappa shape index (κ1) is 21.8. The van der Waals surface area contributed by atoms with Crippen LogP contribution >= 0.6 is 22.7 Å². The molecule has 4 aromatic heterocycles. The van der Waals surface area contributed by atoms with Gasteiger partial charge in [-0.1, -0.05) is 34.6 Å². The summed E-state index contributed by atoms with van der Waals surface area (Å²) in [7, 11) is 0. The maximum atomic E-state index is 6.27. The van der Waals surface area contributed by atoms with E-state index in [-0.39, 0.29) is 5.41 Å².